The summed E-state index contributed by atoms with van der Waals surface area (Å²) < 4.78 is 33.9. The third kappa shape index (κ3) is 6.21. The molecule has 34 heavy (non-hydrogen) atoms. The minimum atomic E-state index is -0.606. The Morgan fingerprint density at radius 3 is 1.35 bits per heavy atom. The first kappa shape index (κ1) is 24.3. The Morgan fingerprint density at radius 1 is 0.706 bits per heavy atom. The maximum Gasteiger partial charge on any atom is 0.233 e. The van der Waals surface area contributed by atoms with Crippen molar-refractivity contribution in [2.75, 3.05) is 26.4 Å². The van der Waals surface area contributed by atoms with E-state index in [4.69, 9.17) is 28.4 Å². The minimum absolute atomic E-state index is 0.157. The molecular weight excluding hydrogens is 440 g/mol. The first-order chi connectivity index (χ1) is 16.1. The monoisotopic (exact) mass is 470 g/mol. The van der Waals surface area contributed by atoms with Crippen LogP contribution in [0.15, 0.2) is 48.5 Å². The molecule has 2 aromatic carbocycles. The van der Waals surface area contributed by atoms with Crippen LogP contribution in [-0.4, -0.2) is 61.8 Å². The first-order valence-electron chi connectivity index (χ1n) is 11.3. The molecule has 0 unspecified atom stereocenters. The summed E-state index contributed by atoms with van der Waals surface area (Å²) in [6, 6.07) is 13.0. The predicted molar refractivity (Wildman–Crippen MR) is 122 cm³/mol. The zero-order chi connectivity index (χ0) is 24.3. The zero-order valence-electron chi connectivity index (χ0n) is 19.9. The van der Waals surface area contributed by atoms with Crippen LogP contribution in [0.1, 0.15) is 48.4 Å². The lowest BCUT2D eigenvalue weighted by Gasteiger charge is -2.17. The number of carbonyl (C=O) groups is 2. The van der Waals surface area contributed by atoms with E-state index in [1.54, 1.807) is 48.5 Å². The van der Waals surface area contributed by atoms with E-state index in [0.717, 1.165) is 0 Å². The van der Waals surface area contributed by atoms with Gasteiger partial charge in [0.15, 0.2) is 11.6 Å². The number of Topliss-reactive ketones (excluding diaryl/α,β-unsaturated/α-hetero) is 2. The van der Waals surface area contributed by atoms with E-state index in [1.165, 1.54) is 0 Å². The summed E-state index contributed by atoms with van der Waals surface area (Å²) in [5.41, 5.74) is 0.584. The van der Waals surface area contributed by atoms with Gasteiger partial charge in [0.1, 0.15) is 36.9 Å². The van der Waals surface area contributed by atoms with Gasteiger partial charge in [0.05, 0.1) is 13.2 Å². The highest BCUT2D eigenvalue weighted by molar-refractivity contribution is 6.49. The fourth-order valence-corrected chi connectivity index (χ4v) is 3.74. The van der Waals surface area contributed by atoms with Crippen molar-refractivity contribution in [3.8, 4) is 11.5 Å². The predicted octanol–water partition coefficient (Wildman–Crippen LogP) is 3.81. The molecule has 0 bridgehead atoms. The Morgan fingerprint density at radius 2 is 1.06 bits per heavy atom. The average Bonchev–Trinajstić information content (AvgIpc) is 3.36. The minimum Gasteiger partial charge on any atom is -0.491 e. The van der Waals surface area contributed by atoms with Crippen LogP contribution in [0.25, 0.3) is 0 Å². The van der Waals surface area contributed by atoms with Crippen molar-refractivity contribution < 1.29 is 38.0 Å². The van der Waals surface area contributed by atoms with E-state index in [0.29, 0.717) is 49.1 Å². The van der Waals surface area contributed by atoms with E-state index >= 15 is 0 Å². The molecule has 2 aliphatic heterocycles. The molecule has 0 aliphatic carbocycles. The fraction of sp³-hybridized carbons (Fsp3) is 0.462. The smallest absolute Gasteiger partial charge is 0.233 e. The molecule has 0 amide bonds. The van der Waals surface area contributed by atoms with Crippen molar-refractivity contribution >= 4 is 11.6 Å². The van der Waals surface area contributed by atoms with Gasteiger partial charge < -0.3 is 28.4 Å². The lowest BCUT2D eigenvalue weighted by molar-refractivity contribution is -0.141. The summed E-state index contributed by atoms with van der Waals surface area (Å²) in [5.74, 6) is -1.23. The van der Waals surface area contributed by atoms with E-state index in [-0.39, 0.29) is 12.2 Å². The second-order valence-corrected chi connectivity index (χ2v) is 9.23. The van der Waals surface area contributed by atoms with Gasteiger partial charge in [-0.25, -0.2) is 0 Å². The largest absolute Gasteiger partial charge is 0.491 e. The van der Waals surface area contributed by atoms with Gasteiger partial charge in [0, 0.05) is 11.1 Å². The van der Waals surface area contributed by atoms with Gasteiger partial charge in [-0.15, -0.1) is 0 Å². The highest BCUT2D eigenvalue weighted by Crippen LogP contribution is 2.24. The first-order valence-corrected chi connectivity index (χ1v) is 11.3. The van der Waals surface area contributed by atoms with Crippen LogP contribution in [0.5, 0.6) is 11.5 Å². The zero-order valence-corrected chi connectivity index (χ0v) is 19.9. The van der Waals surface area contributed by atoms with Crippen molar-refractivity contribution in [2.24, 2.45) is 0 Å². The molecule has 2 heterocycles. The van der Waals surface area contributed by atoms with E-state index < -0.39 is 23.1 Å². The molecule has 8 heteroatoms. The summed E-state index contributed by atoms with van der Waals surface area (Å²) in [6.07, 6.45) is -0.314. The van der Waals surface area contributed by atoms with Crippen LogP contribution in [0.4, 0.5) is 0 Å². The lowest BCUT2D eigenvalue weighted by Crippen LogP contribution is -2.25. The number of hydrogen-bond acceptors (Lipinski definition) is 8. The number of carbonyl (C=O) groups excluding carboxylic acids is 2. The number of hydrogen-bond donors (Lipinski definition) is 0. The topological polar surface area (TPSA) is 89.5 Å². The number of rotatable bonds is 9. The van der Waals surface area contributed by atoms with Crippen molar-refractivity contribution in [3.05, 3.63) is 59.7 Å². The van der Waals surface area contributed by atoms with Gasteiger partial charge in [-0.2, -0.15) is 0 Å². The Kier molecular flexibility index (Phi) is 7.04. The van der Waals surface area contributed by atoms with Crippen molar-refractivity contribution in [1.82, 2.24) is 0 Å². The molecule has 0 radical (unpaired) electrons. The number of ketones is 2. The molecule has 0 aromatic heterocycles. The van der Waals surface area contributed by atoms with Gasteiger partial charge in [-0.05, 0) is 76.2 Å². The molecule has 8 nitrogen and oxygen atoms in total. The van der Waals surface area contributed by atoms with Crippen LogP contribution >= 0.6 is 0 Å². The summed E-state index contributed by atoms with van der Waals surface area (Å²) in [4.78, 5) is 25.3. The standard InChI is InChI=1S/C26H30O8/c1-25(2)31-15-21(33-25)13-29-19-9-5-17(6-10-19)23(27)24(28)18-7-11-20(12-8-18)30-14-22-16-32-26(3,4)34-22/h5-12,21-22H,13-16H2,1-4H3/t21-,22+. The van der Waals surface area contributed by atoms with Crippen LogP contribution in [0, 0.1) is 0 Å². The van der Waals surface area contributed by atoms with Gasteiger partial charge in [-0.3, -0.25) is 9.59 Å². The average molecular weight is 471 g/mol. The molecule has 2 aliphatic rings. The Hall–Kier alpha value is -2.78. The van der Waals surface area contributed by atoms with Crippen molar-refractivity contribution in [1.29, 1.82) is 0 Å². The molecule has 2 fully saturated rings. The van der Waals surface area contributed by atoms with Crippen molar-refractivity contribution in [2.45, 2.75) is 51.5 Å². The molecule has 182 valence electrons. The third-order valence-electron chi connectivity index (χ3n) is 5.45. The molecular formula is C26H30O8. The molecule has 0 saturated carbocycles. The van der Waals surface area contributed by atoms with Crippen molar-refractivity contribution in [3.63, 3.8) is 0 Å². The third-order valence-corrected chi connectivity index (χ3v) is 5.45. The molecule has 2 atom stereocenters. The molecule has 0 spiro atoms. The lowest BCUT2D eigenvalue weighted by atomic mass is 10.0. The SMILES string of the molecule is CC1(C)OC[C@@H](COc2ccc(C(=O)C(=O)c3ccc(OC[C@H]4COC(C)(C)O4)cc3)cc2)O1. The Bertz CT molecular complexity index is 927. The van der Waals surface area contributed by atoms with E-state index in [1.807, 2.05) is 27.7 Å². The highest BCUT2D eigenvalue weighted by Gasteiger charge is 2.34. The Balaban J connectivity index is 1.27. The highest BCUT2D eigenvalue weighted by atomic mass is 16.8. The summed E-state index contributed by atoms with van der Waals surface area (Å²) in [5, 5.41) is 0. The van der Waals surface area contributed by atoms with Gasteiger partial charge in [0.2, 0.25) is 11.6 Å². The van der Waals surface area contributed by atoms with Gasteiger partial charge >= 0.3 is 0 Å². The second kappa shape index (κ2) is 9.84. The normalized spacial score (nSPS) is 22.9. The summed E-state index contributed by atoms with van der Waals surface area (Å²) >= 11 is 0. The summed E-state index contributed by atoms with van der Waals surface area (Å²) in [6.45, 7) is 9.01. The van der Waals surface area contributed by atoms with Crippen LogP contribution < -0.4 is 9.47 Å². The quantitative estimate of drug-likeness (QED) is 0.404. The number of ether oxygens (including phenoxy) is 6. The number of benzene rings is 2. The van der Waals surface area contributed by atoms with E-state index in [2.05, 4.69) is 0 Å². The van der Waals surface area contributed by atoms with E-state index in [9.17, 15) is 9.59 Å². The molecule has 4 rings (SSSR count). The maximum atomic E-state index is 12.7. The van der Waals surface area contributed by atoms with Crippen LogP contribution in [0.3, 0.4) is 0 Å². The molecule has 2 saturated heterocycles. The fourth-order valence-electron chi connectivity index (χ4n) is 3.74. The van der Waals surface area contributed by atoms with Gasteiger partial charge in [0.25, 0.3) is 0 Å². The van der Waals surface area contributed by atoms with Crippen LogP contribution in [-0.2, 0) is 18.9 Å². The van der Waals surface area contributed by atoms with Crippen LogP contribution in [0.2, 0.25) is 0 Å². The summed E-state index contributed by atoms with van der Waals surface area (Å²) in [7, 11) is 0. The molecule has 0 N–H and O–H groups in total. The molecule has 2 aromatic rings. The Labute approximate surface area is 199 Å². The van der Waals surface area contributed by atoms with Gasteiger partial charge in [-0.1, -0.05) is 0 Å². The maximum absolute atomic E-state index is 12.7. The second-order valence-electron chi connectivity index (χ2n) is 9.23.